The van der Waals surface area contributed by atoms with Gasteiger partial charge >= 0.3 is 11.9 Å². The molecule has 53 heavy (non-hydrogen) atoms. The monoisotopic (exact) mass is 752 g/mol. The number of aliphatic carboxylic acids is 1. The lowest BCUT2D eigenvalue weighted by molar-refractivity contribution is -0.889. The number of unbranched alkanes of at least 4 members (excludes halogenated alkanes) is 24. The first-order chi connectivity index (χ1) is 25.6. The smallest absolute Gasteiger partial charge is 0.306 e. The van der Waals surface area contributed by atoms with Gasteiger partial charge in [0, 0.05) is 19.3 Å². The van der Waals surface area contributed by atoms with Crippen molar-refractivity contribution < 1.29 is 38.2 Å². The Balaban J connectivity index is 4.32. The van der Waals surface area contributed by atoms with Gasteiger partial charge in [0.25, 0.3) is 0 Å². The largest absolute Gasteiger partial charge is 0.544 e. The molecular formula is C45H85NO7. The van der Waals surface area contributed by atoms with E-state index in [1.807, 2.05) is 0 Å². The number of allylic oxidation sites excluding steroid dienone is 2. The molecular weight excluding hydrogens is 666 g/mol. The second kappa shape index (κ2) is 37.0. The van der Waals surface area contributed by atoms with Crippen LogP contribution in [0.3, 0.4) is 0 Å². The Bertz CT molecular complexity index is 885. The highest BCUT2D eigenvalue weighted by Crippen LogP contribution is 2.15. The van der Waals surface area contributed by atoms with Gasteiger partial charge in [-0.3, -0.25) is 9.59 Å². The quantitative estimate of drug-likeness (QED) is 0.0266. The summed E-state index contributed by atoms with van der Waals surface area (Å²) in [6.07, 6.45) is 37.9. The number of carbonyl (C=O) groups is 3. The van der Waals surface area contributed by atoms with Gasteiger partial charge in [-0.2, -0.15) is 0 Å². The van der Waals surface area contributed by atoms with Crippen molar-refractivity contribution >= 4 is 17.9 Å². The van der Waals surface area contributed by atoms with Crippen molar-refractivity contribution in [1.82, 2.24) is 0 Å². The second-order valence-corrected chi connectivity index (χ2v) is 16.3. The van der Waals surface area contributed by atoms with Crippen molar-refractivity contribution in [3.63, 3.8) is 0 Å². The number of nitrogens with zero attached hydrogens (tertiary/aromatic N) is 1. The fourth-order valence-electron chi connectivity index (χ4n) is 6.65. The minimum Gasteiger partial charge on any atom is -0.544 e. The summed E-state index contributed by atoms with van der Waals surface area (Å²) in [6.45, 7) is 4.66. The van der Waals surface area contributed by atoms with Crippen molar-refractivity contribution in [2.75, 3.05) is 41.0 Å². The van der Waals surface area contributed by atoms with Crippen molar-refractivity contribution in [3.05, 3.63) is 12.2 Å². The van der Waals surface area contributed by atoms with Gasteiger partial charge in [0.1, 0.15) is 12.6 Å². The molecule has 0 amide bonds. The topological polar surface area (TPSA) is 102 Å². The molecule has 0 radical (unpaired) electrons. The number of quaternary nitrogens is 1. The summed E-state index contributed by atoms with van der Waals surface area (Å²) in [4.78, 5) is 36.8. The number of hydrogen-bond acceptors (Lipinski definition) is 7. The third kappa shape index (κ3) is 35.5. The van der Waals surface area contributed by atoms with Crippen molar-refractivity contribution in [2.45, 2.75) is 219 Å². The summed E-state index contributed by atoms with van der Waals surface area (Å²) in [7, 11) is 5.41. The minimum absolute atomic E-state index is 0.0451. The summed E-state index contributed by atoms with van der Waals surface area (Å²) in [5.41, 5.74) is 0. The molecule has 0 fully saturated rings. The number of carboxylic acids is 1. The predicted molar refractivity (Wildman–Crippen MR) is 217 cm³/mol. The van der Waals surface area contributed by atoms with Gasteiger partial charge in [0.2, 0.25) is 0 Å². The number of rotatable bonds is 40. The van der Waals surface area contributed by atoms with E-state index in [9.17, 15) is 19.5 Å². The molecule has 0 saturated heterocycles. The lowest BCUT2D eigenvalue weighted by Crippen LogP contribution is -2.55. The van der Waals surface area contributed by atoms with Gasteiger partial charge < -0.3 is 28.6 Å². The Labute approximate surface area is 327 Å². The molecule has 0 aromatic carbocycles. The molecule has 0 saturated carbocycles. The molecule has 0 heterocycles. The Hall–Kier alpha value is -1.93. The fraction of sp³-hybridized carbons (Fsp3) is 0.889. The lowest BCUT2D eigenvalue weighted by Gasteiger charge is -2.34. The highest BCUT2D eigenvalue weighted by molar-refractivity contribution is 5.70. The average molecular weight is 752 g/mol. The summed E-state index contributed by atoms with van der Waals surface area (Å²) in [5, 5.41) is 11.6. The van der Waals surface area contributed by atoms with Crippen LogP contribution in [0.5, 0.6) is 0 Å². The van der Waals surface area contributed by atoms with Crippen molar-refractivity contribution in [2.24, 2.45) is 0 Å². The van der Waals surface area contributed by atoms with E-state index in [2.05, 4.69) is 26.0 Å². The Morgan fingerprint density at radius 3 is 1.38 bits per heavy atom. The molecule has 0 aromatic rings. The SMILES string of the molecule is CCCCCC/C=C/CCCCCCCCCC(=O)OCC(COCCC(C(=O)[O-])[N+](C)(C)C)OC(=O)CCCCCCCCCCCCCCCC. The van der Waals surface area contributed by atoms with Crippen LogP contribution in [-0.4, -0.2) is 75.5 Å². The van der Waals surface area contributed by atoms with E-state index >= 15 is 0 Å². The van der Waals surface area contributed by atoms with Gasteiger partial charge in [-0.15, -0.1) is 0 Å². The van der Waals surface area contributed by atoms with Crippen LogP contribution in [0.2, 0.25) is 0 Å². The van der Waals surface area contributed by atoms with Crippen LogP contribution >= 0.6 is 0 Å². The first kappa shape index (κ1) is 51.1. The molecule has 2 unspecified atom stereocenters. The molecule has 8 nitrogen and oxygen atoms in total. The minimum atomic E-state index is -1.12. The number of ether oxygens (including phenoxy) is 3. The summed E-state index contributed by atoms with van der Waals surface area (Å²) in [6, 6.07) is -0.721. The van der Waals surface area contributed by atoms with Crippen LogP contribution in [0.1, 0.15) is 206 Å². The third-order valence-electron chi connectivity index (χ3n) is 10.2. The van der Waals surface area contributed by atoms with Crippen LogP contribution in [0, 0.1) is 0 Å². The number of esters is 2. The standard InChI is InChI=1S/C45H85NO7/c1-6-8-10-12-14-16-18-20-22-24-25-27-29-31-33-35-43(47)52-40-41(39-51-38-37-42(45(49)50)46(3,4)5)53-44(48)36-34-32-30-28-26-23-21-19-17-15-13-11-9-7-2/h16,18,41-42H,6-15,17,19-40H2,1-5H3/b18-16+. The lowest BCUT2D eigenvalue weighted by atomic mass is 10.0. The van der Waals surface area contributed by atoms with Crippen molar-refractivity contribution in [1.29, 1.82) is 0 Å². The molecule has 2 atom stereocenters. The number of hydrogen-bond donors (Lipinski definition) is 0. The van der Waals surface area contributed by atoms with E-state index in [-0.39, 0.29) is 42.7 Å². The molecule has 0 aliphatic carbocycles. The molecule has 312 valence electrons. The van der Waals surface area contributed by atoms with E-state index in [0.29, 0.717) is 12.8 Å². The van der Waals surface area contributed by atoms with Gasteiger partial charge in [-0.05, 0) is 38.5 Å². The molecule has 0 spiro atoms. The molecule has 8 heteroatoms. The zero-order chi connectivity index (χ0) is 39.3. The predicted octanol–water partition coefficient (Wildman–Crippen LogP) is 10.6. The highest BCUT2D eigenvalue weighted by atomic mass is 16.6. The maximum Gasteiger partial charge on any atom is 0.306 e. The van der Waals surface area contributed by atoms with Gasteiger partial charge in [0.15, 0.2) is 6.10 Å². The molecule has 0 bridgehead atoms. The van der Waals surface area contributed by atoms with E-state index < -0.39 is 18.1 Å². The maximum atomic E-state index is 12.7. The molecule has 0 rings (SSSR count). The van der Waals surface area contributed by atoms with Crippen LogP contribution in [0.4, 0.5) is 0 Å². The first-order valence-electron chi connectivity index (χ1n) is 22.2. The van der Waals surface area contributed by atoms with E-state index in [1.165, 1.54) is 135 Å². The molecule has 0 N–H and O–H groups in total. The fourth-order valence-corrected chi connectivity index (χ4v) is 6.65. The van der Waals surface area contributed by atoms with Crippen LogP contribution in [0.15, 0.2) is 12.2 Å². The first-order valence-corrected chi connectivity index (χ1v) is 22.2. The van der Waals surface area contributed by atoms with E-state index in [4.69, 9.17) is 14.2 Å². The number of likely N-dealkylation sites (N-methyl/N-ethyl adjacent to an activating group) is 1. The zero-order valence-electron chi connectivity index (χ0n) is 35.4. The molecule has 0 aromatic heterocycles. The number of carboxylic acid groups (broad SMARTS) is 1. The van der Waals surface area contributed by atoms with Gasteiger partial charge in [-0.25, -0.2) is 0 Å². The van der Waals surface area contributed by atoms with Gasteiger partial charge in [0.05, 0.1) is 40.3 Å². The van der Waals surface area contributed by atoms with E-state index in [1.54, 1.807) is 21.1 Å². The summed E-state index contributed by atoms with van der Waals surface area (Å²) < 4.78 is 17.2. The summed E-state index contributed by atoms with van der Waals surface area (Å²) in [5.74, 6) is -1.73. The highest BCUT2D eigenvalue weighted by Gasteiger charge is 2.25. The van der Waals surface area contributed by atoms with Crippen LogP contribution in [0.25, 0.3) is 0 Å². The Kier molecular flexibility index (Phi) is 35.7. The van der Waals surface area contributed by atoms with Crippen LogP contribution in [-0.2, 0) is 28.6 Å². The summed E-state index contributed by atoms with van der Waals surface area (Å²) >= 11 is 0. The average Bonchev–Trinajstić information content (AvgIpc) is 3.11. The van der Waals surface area contributed by atoms with E-state index in [0.717, 1.165) is 38.5 Å². The Morgan fingerprint density at radius 1 is 0.547 bits per heavy atom. The van der Waals surface area contributed by atoms with Gasteiger partial charge in [-0.1, -0.05) is 161 Å². The third-order valence-corrected chi connectivity index (χ3v) is 10.2. The Morgan fingerprint density at radius 2 is 0.943 bits per heavy atom. The van der Waals surface area contributed by atoms with Crippen molar-refractivity contribution in [3.8, 4) is 0 Å². The van der Waals surface area contributed by atoms with Crippen LogP contribution < -0.4 is 5.11 Å². The molecule has 0 aliphatic heterocycles. The second-order valence-electron chi connectivity index (χ2n) is 16.3. The normalized spacial score (nSPS) is 13.0. The molecule has 0 aliphatic rings. The number of carbonyl (C=O) groups excluding carboxylic acids is 3. The zero-order valence-corrected chi connectivity index (χ0v) is 35.4. The maximum absolute atomic E-state index is 12.7.